The zero-order valence-corrected chi connectivity index (χ0v) is 6.17. The first-order valence-electron chi connectivity index (χ1n) is 3.55. The SMILES string of the molecule is C[C@H]1C[C@@H](CO)N(C)C1. The van der Waals surface area contributed by atoms with Crippen LogP contribution in [0.3, 0.4) is 0 Å². The molecule has 2 nitrogen and oxygen atoms in total. The van der Waals surface area contributed by atoms with Crippen LogP contribution in [0.4, 0.5) is 0 Å². The van der Waals surface area contributed by atoms with Gasteiger partial charge in [0.05, 0.1) is 6.61 Å². The summed E-state index contributed by atoms with van der Waals surface area (Å²) in [5, 5.41) is 8.81. The number of likely N-dealkylation sites (N-methyl/N-ethyl adjacent to an activating group) is 1. The molecule has 0 aliphatic carbocycles. The highest BCUT2D eigenvalue weighted by Gasteiger charge is 2.25. The number of likely N-dealkylation sites (tertiary alicyclic amines) is 1. The highest BCUT2D eigenvalue weighted by atomic mass is 16.3. The van der Waals surface area contributed by atoms with Crippen molar-refractivity contribution in [2.45, 2.75) is 19.4 Å². The molecule has 0 spiro atoms. The van der Waals surface area contributed by atoms with Crippen molar-refractivity contribution in [2.24, 2.45) is 5.92 Å². The third kappa shape index (κ3) is 1.43. The van der Waals surface area contributed by atoms with Gasteiger partial charge in [0.2, 0.25) is 0 Å². The number of rotatable bonds is 1. The minimum absolute atomic E-state index is 0.320. The summed E-state index contributed by atoms with van der Waals surface area (Å²) in [6.45, 7) is 3.69. The van der Waals surface area contributed by atoms with Gasteiger partial charge in [0.15, 0.2) is 0 Å². The number of hydrogen-bond acceptors (Lipinski definition) is 2. The normalized spacial score (nSPS) is 37.7. The molecule has 2 heteroatoms. The van der Waals surface area contributed by atoms with E-state index in [9.17, 15) is 0 Å². The van der Waals surface area contributed by atoms with E-state index in [1.165, 1.54) is 0 Å². The van der Waals surface area contributed by atoms with Crippen LogP contribution in [-0.4, -0.2) is 36.2 Å². The van der Waals surface area contributed by atoms with Gasteiger partial charge in [0.25, 0.3) is 0 Å². The van der Waals surface area contributed by atoms with Crippen LogP contribution in [0.25, 0.3) is 0 Å². The minimum atomic E-state index is 0.320. The molecule has 9 heavy (non-hydrogen) atoms. The molecule has 1 aliphatic rings. The fraction of sp³-hybridized carbons (Fsp3) is 1.00. The van der Waals surface area contributed by atoms with E-state index in [1.54, 1.807) is 0 Å². The summed E-state index contributed by atoms with van der Waals surface area (Å²) in [5.74, 6) is 0.771. The Labute approximate surface area is 56.5 Å². The Morgan fingerprint density at radius 3 is 2.56 bits per heavy atom. The monoisotopic (exact) mass is 129 g/mol. The highest BCUT2D eigenvalue weighted by molar-refractivity contribution is 4.79. The molecule has 0 bridgehead atoms. The van der Waals surface area contributed by atoms with Crippen LogP contribution in [-0.2, 0) is 0 Å². The molecule has 2 atom stereocenters. The average Bonchev–Trinajstić information content (AvgIpc) is 2.10. The summed E-state index contributed by atoms with van der Waals surface area (Å²) in [5.41, 5.74) is 0. The van der Waals surface area contributed by atoms with Crippen molar-refractivity contribution in [2.75, 3.05) is 20.2 Å². The first-order chi connectivity index (χ1) is 4.24. The van der Waals surface area contributed by atoms with Gasteiger partial charge in [0.1, 0.15) is 0 Å². The van der Waals surface area contributed by atoms with Gasteiger partial charge in [-0.2, -0.15) is 0 Å². The van der Waals surface area contributed by atoms with Crippen LogP contribution in [0.5, 0.6) is 0 Å². The molecule has 1 heterocycles. The van der Waals surface area contributed by atoms with Crippen LogP contribution in [0.15, 0.2) is 0 Å². The van der Waals surface area contributed by atoms with Crippen molar-refractivity contribution in [3.05, 3.63) is 0 Å². The topological polar surface area (TPSA) is 23.5 Å². The molecule has 0 aromatic heterocycles. The number of aliphatic hydroxyl groups excluding tert-OH is 1. The Kier molecular flexibility index (Phi) is 2.09. The third-order valence-electron chi connectivity index (χ3n) is 2.11. The van der Waals surface area contributed by atoms with Crippen molar-refractivity contribution in [3.63, 3.8) is 0 Å². The first-order valence-corrected chi connectivity index (χ1v) is 3.55. The van der Waals surface area contributed by atoms with E-state index in [-0.39, 0.29) is 0 Å². The van der Waals surface area contributed by atoms with Crippen molar-refractivity contribution in [1.82, 2.24) is 4.90 Å². The zero-order valence-electron chi connectivity index (χ0n) is 6.17. The lowest BCUT2D eigenvalue weighted by atomic mass is 10.1. The van der Waals surface area contributed by atoms with Crippen LogP contribution in [0.1, 0.15) is 13.3 Å². The van der Waals surface area contributed by atoms with Gasteiger partial charge in [-0.05, 0) is 19.4 Å². The van der Waals surface area contributed by atoms with Gasteiger partial charge in [-0.15, -0.1) is 0 Å². The molecule has 54 valence electrons. The minimum Gasteiger partial charge on any atom is -0.395 e. The molecule has 0 saturated carbocycles. The van der Waals surface area contributed by atoms with Crippen molar-refractivity contribution in [3.8, 4) is 0 Å². The zero-order chi connectivity index (χ0) is 6.85. The van der Waals surface area contributed by atoms with E-state index in [4.69, 9.17) is 5.11 Å². The third-order valence-corrected chi connectivity index (χ3v) is 2.11. The van der Waals surface area contributed by atoms with E-state index in [0.717, 1.165) is 18.9 Å². The van der Waals surface area contributed by atoms with Gasteiger partial charge in [-0.1, -0.05) is 6.92 Å². The maximum atomic E-state index is 8.81. The molecule has 0 radical (unpaired) electrons. The maximum absolute atomic E-state index is 8.81. The van der Waals surface area contributed by atoms with E-state index in [1.807, 2.05) is 0 Å². The first kappa shape index (κ1) is 7.03. The second kappa shape index (κ2) is 2.67. The highest BCUT2D eigenvalue weighted by Crippen LogP contribution is 2.19. The predicted molar refractivity (Wildman–Crippen MR) is 37.3 cm³/mol. The lowest BCUT2D eigenvalue weighted by Gasteiger charge is -2.15. The molecule has 1 fully saturated rings. The van der Waals surface area contributed by atoms with Gasteiger partial charge in [-0.3, -0.25) is 0 Å². The van der Waals surface area contributed by atoms with E-state index < -0.39 is 0 Å². The van der Waals surface area contributed by atoms with Gasteiger partial charge in [-0.25, -0.2) is 0 Å². The number of aliphatic hydroxyl groups is 1. The van der Waals surface area contributed by atoms with Crippen LogP contribution < -0.4 is 0 Å². The average molecular weight is 129 g/mol. The van der Waals surface area contributed by atoms with Crippen molar-refractivity contribution in [1.29, 1.82) is 0 Å². The Morgan fingerprint density at radius 2 is 2.33 bits per heavy atom. The smallest absolute Gasteiger partial charge is 0.0586 e. The molecule has 0 aromatic rings. The van der Waals surface area contributed by atoms with Gasteiger partial charge < -0.3 is 10.0 Å². The second-order valence-corrected chi connectivity index (χ2v) is 3.12. The second-order valence-electron chi connectivity index (χ2n) is 3.12. The fourth-order valence-electron chi connectivity index (χ4n) is 1.57. The lowest BCUT2D eigenvalue weighted by Crippen LogP contribution is -2.27. The summed E-state index contributed by atoms with van der Waals surface area (Å²) >= 11 is 0. The quantitative estimate of drug-likeness (QED) is 0.551. The predicted octanol–water partition coefficient (Wildman–Crippen LogP) is 0.319. The Morgan fingerprint density at radius 1 is 1.67 bits per heavy atom. The van der Waals surface area contributed by atoms with Gasteiger partial charge in [0, 0.05) is 12.6 Å². The summed E-state index contributed by atoms with van der Waals surface area (Å²) in [6, 6.07) is 0.431. The van der Waals surface area contributed by atoms with Gasteiger partial charge >= 0.3 is 0 Å². The van der Waals surface area contributed by atoms with Crippen LogP contribution >= 0.6 is 0 Å². The molecular weight excluding hydrogens is 114 g/mol. The summed E-state index contributed by atoms with van der Waals surface area (Å²) < 4.78 is 0. The summed E-state index contributed by atoms with van der Waals surface area (Å²) in [7, 11) is 2.07. The van der Waals surface area contributed by atoms with Crippen LogP contribution in [0.2, 0.25) is 0 Å². The van der Waals surface area contributed by atoms with Crippen molar-refractivity contribution < 1.29 is 5.11 Å². The Hall–Kier alpha value is -0.0800. The van der Waals surface area contributed by atoms with Crippen molar-refractivity contribution >= 4 is 0 Å². The number of nitrogens with zero attached hydrogens (tertiary/aromatic N) is 1. The molecule has 0 amide bonds. The van der Waals surface area contributed by atoms with E-state index in [0.29, 0.717) is 12.6 Å². The standard InChI is InChI=1S/C7H15NO/c1-6-3-7(5-9)8(2)4-6/h6-7,9H,3-5H2,1-2H3/t6-,7-/m0/s1. The lowest BCUT2D eigenvalue weighted by molar-refractivity contribution is 0.182. The van der Waals surface area contributed by atoms with Crippen LogP contribution in [0, 0.1) is 5.92 Å². The number of hydrogen-bond donors (Lipinski definition) is 1. The molecule has 1 saturated heterocycles. The summed E-state index contributed by atoms with van der Waals surface area (Å²) in [4.78, 5) is 2.23. The summed E-state index contributed by atoms with van der Waals surface area (Å²) in [6.07, 6.45) is 1.16. The molecule has 1 aliphatic heterocycles. The molecule has 0 aromatic carbocycles. The largest absolute Gasteiger partial charge is 0.395 e. The molecule has 1 rings (SSSR count). The van der Waals surface area contributed by atoms with E-state index in [2.05, 4.69) is 18.9 Å². The molecule has 0 unspecified atom stereocenters. The molecule has 1 N–H and O–H groups in total. The Bertz CT molecular complexity index is 94.9. The van der Waals surface area contributed by atoms with E-state index >= 15 is 0 Å². The fourth-order valence-corrected chi connectivity index (χ4v) is 1.57. The Balaban J connectivity index is 2.38. The maximum Gasteiger partial charge on any atom is 0.0586 e. The molecular formula is C7H15NO.